The lowest BCUT2D eigenvalue weighted by atomic mass is 9.89. The van der Waals surface area contributed by atoms with E-state index in [9.17, 15) is 0 Å². The van der Waals surface area contributed by atoms with E-state index in [1.165, 1.54) is 11.1 Å². The monoisotopic (exact) mass is 382 g/mol. The third-order valence-corrected chi connectivity index (χ3v) is 6.14. The zero-order valence-corrected chi connectivity index (χ0v) is 16.8. The van der Waals surface area contributed by atoms with E-state index in [2.05, 4.69) is 53.2 Å². The molecule has 2 aromatic rings. The number of aliphatic hydroxyl groups is 1. The molecule has 2 aliphatic rings. The van der Waals surface area contributed by atoms with Crippen LogP contribution < -0.4 is 9.47 Å². The van der Waals surface area contributed by atoms with E-state index >= 15 is 0 Å². The molecule has 0 radical (unpaired) electrons. The first kappa shape index (κ1) is 19.2. The molecular weight excluding hydrogens is 352 g/mol. The Morgan fingerprint density at radius 3 is 2.57 bits per heavy atom. The average molecular weight is 383 g/mol. The van der Waals surface area contributed by atoms with Crippen LogP contribution in [0.25, 0.3) is 0 Å². The predicted octanol–water partition coefficient (Wildman–Crippen LogP) is 2.80. The fourth-order valence-corrected chi connectivity index (χ4v) is 4.95. The van der Waals surface area contributed by atoms with Gasteiger partial charge in [-0.15, -0.1) is 0 Å². The van der Waals surface area contributed by atoms with E-state index in [0.29, 0.717) is 24.5 Å². The third-order valence-electron chi connectivity index (χ3n) is 6.14. The summed E-state index contributed by atoms with van der Waals surface area (Å²) in [5.41, 5.74) is 2.58. The van der Waals surface area contributed by atoms with Crippen molar-refractivity contribution in [1.82, 2.24) is 9.80 Å². The lowest BCUT2D eigenvalue weighted by Gasteiger charge is -2.27. The summed E-state index contributed by atoms with van der Waals surface area (Å²) in [6.45, 7) is 4.63. The normalized spacial score (nSPS) is 25.0. The van der Waals surface area contributed by atoms with Gasteiger partial charge >= 0.3 is 0 Å². The summed E-state index contributed by atoms with van der Waals surface area (Å²) < 4.78 is 11.0. The van der Waals surface area contributed by atoms with E-state index in [0.717, 1.165) is 37.7 Å². The van der Waals surface area contributed by atoms with Crippen LogP contribution in [0.3, 0.4) is 0 Å². The van der Waals surface area contributed by atoms with Gasteiger partial charge in [-0.3, -0.25) is 9.80 Å². The molecule has 2 fully saturated rings. The summed E-state index contributed by atoms with van der Waals surface area (Å²) >= 11 is 0. The Labute approximate surface area is 167 Å². The summed E-state index contributed by atoms with van der Waals surface area (Å²) in [7, 11) is 3.96. The number of rotatable bonds is 7. The molecule has 2 aliphatic heterocycles. The van der Waals surface area contributed by atoms with Crippen LogP contribution >= 0.6 is 0 Å². The number of ether oxygens (including phenoxy) is 2. The summed E-state index contributed by atoms with van der Waals surface area (Å²) in [4.78, 5) is 5.06. The fourth-order valence-electron chi connectivity index (χ4n) is 4.95. The first-order valence-corrected chi connectivity index (χ1v) is 10.1. The molecule has 0 bridgehead atoms. The van der Waals surface area contributed by atoms with E-state index in [1.54, 1.807) is 7.11 Å². The van der Waals surface area contributed by atoms with E-state index in [-0.39, 0.29) is 6.61 Å². The molecular formula is C23H30N2O3. The van der Waals surface area contributed by atoms with Gasteiger partial charge in [0.25, 0.3) is 0 Å². The molecule has 5 heteroatoms. The second kappa shape index (κ2) is 8.52. The Morgan fingerprint density at radius 1 is 1.04 bits per heavy atom. The molecule has 0 aromatic heterocycles. The highest BCUT2D eigenvalue weighted by Crippen LogP contribution is 2.44. The van der Waals surface area contributed by atoms with Crippen molar-refractivity contribution < 1.29 is 14.6 Å². The van der Waals surface area contributed by atoms with Crippen molar-refractivity contribution in [2.45, 2.75) is 12.6 Å². The molecule has 0 spiro atoms. The first-order chi connectivity index (χ1) is 13.7. The summed E-state index contributed by atoms with van der Waals surface area (Å²) in [6, 6.07) is 17.2. The van der Waals surface area contributed by atoms with Crippen molar-refractivity contribution in [2.24, 2.45) is 11.8 Å². The molecule has 150 valence electrons. The van der Waals surface area contributed by atoms with Gasteiger partial charge in [0.15, 0.2) is 0 Å². The Morgan fingerprint density at radius 2 is 1.82 bits per heavy atom. The van der Waals surface area contributed by atoms with Gasteiger partial charge in [0.05, 0.1) is 13.7 Å². The SMILES string of the molecule is COc1ccc([C@H]2[C@@H]3CN(Cc4ccccc4OCCO)C[C@@H]3CN2C)cc1. The van der Waals surface area contributed by atoms with Crippen LogP contribution in [-0.4, -0.2) is 61.9 Å². The number of likely N-dealkylation sites (tertiary alicyclic amines) is 2. The van der Waals surface area contributed by atoms with Crippen LogP contribution in [0, 0.1) is 11.8 Å². The van der Waals surface area contributed by atoms with Crippen molar-refractivity contribution in [3.8, 4) is 11.5 Å². The Balaban J connectivity index is 1.46. The summed E-state index contributed by atoms with van der Waals surface area (Å²) in [5.74, 6) is 3.14. The number of para-hydroxylation sites is 1. The van der Waals surface area contributed by atoms with E-state index in [1.807, 2.05) is 12.1 Å². The second-order valence-corrected chi connectivity index (χ2v) is 7.96. The van der Waals surface area contributed by atoms with Crippen molar-refractivity contribution in [2.75, 3.05) is 47.0 Å². The Hall–Kier alpha value is -2.08. The van der Waals surface area contributed by atoms with Gasteiger partial charge in [-0.05, 0) is 42.6 Å². The molecule has 0 amide bonds. The van der Waals surface area contributed by atoms with E-state index < -0.39 is 0 Å². The molecule has 28 heavy (non-hydrogen) atoms. The quantitative estimate of drug-likeness (QED) is 0.798. The smallest absolute Gasteiger partial charge is 0.123 e. The van der Waals surface area contributed by atoms with Gasteiger partial charge in [-0.25, -0.2) is 0 Å². The standard InChI is InChI=1S/C23H30N2O3/c1-24-13-19-15-25(14-18-5-3-4-6-22(18)28-12-11-26)16-21(19)23(24)17-7-9-20(27-2)10-8-17/h3-10,19,21,23,26H,11-16H2,1-2H3/t19-,21+,23-/m0/s1. The van der Waals surface area contributed by atoms with Gasteiger partial charge in [-0.2, -0.15) is 0 Å². The van der Waals surface area contributed by atoms with Crippen LogP contribution in [0.1, 0.15) is 17.2 Å². The van der Waals surface area contributed by atoms with Gasteiger partial charge in [0, 0.05) is 37.8 Å². The summed E-state index contributed by atoms with van der Waals surface area (Å²) in [5, 5.41) is 9.06. The van der Waals surface area contributed by atoms with Crippen molar-refractivity contribution in [3.05, 3.63) is 59.7 Å². The maximum Gasteiger partial charge on any atom is 0.123 e. The first-order valence-electron chi connectivity index (χ1n) is 10.1. The van der Waals surface area contributed by atoms with Crippen LogP contribution in [0.5, 0.6) is 11.5 Å². The maximum absolute atomic E-state index is 9.06. The molecule has 4 rings (SSSR count). The minimum Gasteiger partial charge on any atom is -0.497 e. The van der Waals surface area contributed by atoms with E-state index in [4.69, 9.17) is 14.6 Å². The molecule has 5 nitrogen and oxygen atoms in total. The minimum atomic E-state index is 0.0398. The van der Waals surface area contributed by atoms with Crippen molar-refractivity contribution >= 4 is 0 Å². The highest BCUT2D eigenvalue weighted by molar-refractivity contribution is 5.34. The number of nitrogens with zero attached hydrogens (tertiary/aromatic N) is 2. The Kier molecular flexibility index (Phi) is 5.85. The topological polar surface area (TPSA) is 45.2 Å². The number of benzene rings is 2. The molecule has 2 aromatic carbocycles. The maximum atomic E-state index is 9.06. The molecule has 3 atom stereocenters. The van der Waals surface area contributed by atoms with Crippen LogP contribution in [0.4, 0.5) is 0 Å². The lowest BCUT2D eigenvalue weighted by Crippen LogP contribution is -2.29. The fraction of sp³-hybridized carbons (Fsp3) is 0.478. The van der Waals surface area contributed by atoms with Gasteiger partial charge < -0.3 is 14.6 Å². The zero-order chi connectivity index (χ0) is 19.5. The number of methoxy groups -OCH3 is 1. The second-order valence-electron chi connectivity index (χ2n) is 7.96. The zero-order valence-electron chi connectivity index (χ0n) is 16.8. The molecule has 2 heterocycles. The molecule has 0 unspecified atom stereocenters. The summed E-state index contributed by atoms with van der Waals surface area (Å²) in [6.07, 6.45) is 0. The average Bonchev–Trinajstić information content (AvgIpc) is 3.23. The molecule has 2 saturated heterocycles. The van der Waals surface area contributed by atoms with Crippen LogP contribution in [0.15, 0.2) is 48.5 Å². The number of hydrogen-bond donors (Lipinski definition) is 1. The molecule has 1 N–H and O–H groups in total. The minimum absolute atomic E-state index is 0.0398. The number of fused-ring (bicyclic) bond motifs is 1. The van der Waals surface area contributed by atoms with Gasteiger partial charge in [0.2, 0.25) is 0 Å². The molecule has 0 saturated carbocycles. The van der Waals surface area contributed by atoms with Gasteiger partial charge in [-0.1, -0.05) is 30.3 Å². The van der Waals surface area contributed by atoms with Gasteiger partial charge in [0.1, 0.15) is 18.1 Å². The predicted molar refractivity (Wildman–Crippen MR) is 110 cm³/mol. The molecule has 0 aliphatic carbocycles. The largest absolute Gasteiger partial charge is 0.497 e. The van der Waals surface area contributed by atoms with Crippen LogP contribution in [0.2, 0.25) is 0 Å². The Bertz CT molecular complexity index is 780. The highest BCUT2D eigenvalue weighted by Gasteiger charge is 2.45. The van der Waals surface area contributed by atoms with Crippen molar-refractivity contribution in [3.63, 3.8) is 0 Å². The van der Waals surface area contributed by atoms with Crippen molar-refractivity contribution in [1.29, 1.82) is 0 Å². The number of aliphatic hydroxyl groups excluding tert-OH is 1. The third kappa shape index (κ3) is 3.88. The number of hydrogen-bond acceptors (Lipinski definition) is 5. The van der Waals surface area contributed by atoms with Crippen LogP contribution in [-0.2, 0) is 6.54 Å². The lowest BCUT2D eigenvalue weighted by molar-refractivity contribution is 0.195. The highest BCUT2D eigenvalue weighted by atomic mass is 16.5.